The molecular weight excluding hydrogens is 348 g/mol. The lowest BCUT2D eigenvalue weighted by atomic mass is 10.1. The van der Waals surface area contributed by atoms with E-state index in [9.17, 15) is 4.79 Å². The standard InChI is InChI=1S/C21H23ClN2O2/c1-13-10-19-16(11-17(13)22)14(2)20(26-19)21(25)23-12-18(24(3)4)15-8-6-5-7-9-15/h5-11,18H,12H2,1-4H3,(H,23,25). The molecule has 1 aromatic heterocycles. The number of halogens is 1. The molecule has 4 nitrogen and oxygen atoms in total. The molecule has 0 saturated carbocycles. The number of hydrogen-bond donors (Lipinski definition) is 1. The van der Waals surface area contributed by atoms with Crippen LogP contribution in [0.3, 0.4) is 0 Å². The van der Waals surface area contributed by atoms with Crippen LogP contribution in [0.15, 0.2) is 46.9 Å². The van der Waals surface area contributed by atoms with Crippen molar-refractivity contribution in [1.82, 2.24) is 10.2 Å². The number of carbonyl (C=O) groups is 1. The van der Waals surface area contributed by atoms with E-state index in [0.29, 0.717) is 22.9 Å². The highest BCUT2D eigenvalue weighted by atomic mass is 35.5. The Labute approximate surface area is 158 Å². The van der Waals surface area contributed by atoms with Gasteiger partial charge in [-0.3, -0.25) is 4.79 Å². The van der Waals surface area contributed by atoms with Gasteiger partial charge in [0.05, 0.1) is 6.04 Å². The lowest BCUT2D eigenvalue weighted by molar-refractivity contribution is 0.0915. The average Bonchev–Trinajstić information content (AvgIpc) is 2.92. The van der Waals surface area contributed by atoms with Gasteiger partial charge in [-0.2, -0.15) is 0 Å². The number of likely N-dealkylation sites (N-methyl/N-ethyl adjacent to an activating group) is 1. The molecule has 0 aliphatic rings. The number of furan rings is 1. The molecule has 5 heteroatoms. The number of hydrogen-bond acceptors (Lipinski definition) is 3. The predicted molar refractivity (Wildman–Crippen MR) is 106 cm³/mol. The van der Waals surface area contributed by atoms with Gasteiger partial charge in [0.2, 0.25) is 0 Å². The summed E-state index contributed by atoms with van der Waals surface area (Å²) in [6.45, 7) is 4.29. The molecule has 1 amide bonds. The molecule has 1 N–H and O–H groups in total. The lowest BCUT2D eigenvalue weighted by Gasteiger charge is -2.25. The van der Waals surface area contributed by atoms with Gasteiger partial charge in [0, 0.05) is 22.5 Å². The van der Waals surface area contributed by atoms with Crippen LogP contribution in [0.1, 0.15) is 33.3 Å². The molecule has 1 heterocycles. The van der Waals surface area contributed by atoms with Crippen LogP contribution in [0.4, 0.5) is 0 Å². The van der Waals surface area contributed by atoms with E-state index < -0.39 is 0 Å². The minimum Gasteiger partial charge on any atom is -0.451 e. The molecule has 0 radical (unpaired) electrons. The Balaban J connectivity index is 1.81. The molecular formula is C21H23ClN2O2. The summed E-state index contributed by atoms with van der Waals surface area (Å²) in [4.78, 5) is 14.8. The summed E-state index contributed by atoms with van der Waals surface area (Å²) in [6, 6.07) is 13.9. The van der Waals surface area contributed by atoms with Crippen molar-refractivity contribution in [3.8, 4) is 0 Å². The third kappa shape index (κ3) is 3.62. The highest BCUT2D eigenvalue weighted by Crippen LogP contribution is 2.30. The van der Waals surface area contributed by atoms with Crippen LogP contribution in [-0.2, 0) is 0 Å². The van der Waals surface area contributed by atoms with Crippen LogP contribution >= 0.6 is 11.6 Å². The molecule has 0 fully saturated rings. The van der Waals surface area contributed by atoms with Gasteiger partial charge in [-0.25, -0.2) is 0 Å². The predicted octanol–water partition coefficient (Wildman–Crippen LogP) is 4.74. The van der Waals surface area contributed by atoms with E-state index in [2.05, 4.69) is 22.3 Å². The Hall–Kier alpha value is -2.30. The summed E-state index contributed by atoms with van der Waals surface area (Å²) in [5.41, 5.74) is 3.57. The Morgan fingerprint density at radius 3 is 2.54 bits per heavy atom. The summed E-state index contributed by atoms with van der Waals surface area (Å²) < 4.78 is 5.81. The van der Waals surface area contributed by atoms with Crippen molar-refractivity contribution < 1.29 is 9.21 Å². The fourth-order valence-corrected chi connectivity index (χ4v) is 3.27. The van der Waals surface area contributed by atoms with E-state index in [4.69, 9.17) is 16.0 Å². The summed E-state index contributed by atoms with van der Waals surface area (Å²) in [5, 5.41) is 4.55. The second-order valence-corrected chi connectivity index (χ2v) is 7.16. The van der Waals surface area contributed by atoms with Gasteiger partial charge < -0.3 is 14.6 Å². The Morgan fingerprint density at radius 1 is 1.19 bits per heavy atom. The molecule has 0 aliphatic heterocycles. The minimum absolute atomic E-state index is 0.0847. The van der Waals surface area contributed by atoms with E-state index in [1.807, 2.05) is 58.3 Å². The van der Waals surface area contributed by atoms with Gasteiger partial charge in [0.15, 0.2) is 5.76 Å². The Kier molecular flexibility index (Phi) is 5.35. The number of nitrogens with zero attached hydrogens (tertiary/aromatic N) is 1. The monoisotopic (exact) mass is 370 g/mol. The first-order valence-electron chi connectivity index (χ1n) is 8.57. The summed E-state index contributed by atoms with van der Waals surface area (Å²) in [7, 11) is 4.00. The molecule has 26 heavy (non-hydrogen) atoms. The molecule has 136 valence electrons. The Bertz CT molecular complexity index is 932. The lowest BCUT2D eigenvalue weighted by Crippen LogP contribution is -2.34. The Morgan fingerprint density at radius 2 is 1.88 bits per heavy atom. The summed E-state index contributed by atoms with van der Waals surface area (Å²) >= 11 is 6.21. The van der Waals surface area contributed by atoms with Crippen molar-refractivity contribution in [2.45, 2.75) is 19.9 Å². The van der Waals surface area contributed by atoms with Crippen LogP contribution in [0.2, 0.25) is 5.02 Å². The van der Waals surface area contributed by atoms with Crippen molar-refractivity contribution in [2.75, 3.05) is 20.6 Å². The van der Waals surface area contributed by atoms with E-state index in [0.717, 1.165) is 22.1 Å². The van der Waals surface area contributed by atoms with Crippen molar-refractivity contribution >= 4 is 28.5 Å². The maximum Gasteiger partial charge on any atom is 0.287 e. The maximum atomic E-state index is 12.7. The zero-order valence-corrected chi connectivity index (χ0v) is 16.2. The number of fused-ring (bicyclic) bond motifs is 1. The van der Waals surface area contributed by atoms with Gasteiger partial charge in [-0.05, 0) is 51.2 Å². The van der Waals surface area contributed by atoms with Crippen LogP contribution in [-0.4, -0.2) is 31.4 Å². The van der Waals surface area contributed by atoms with Crippen LogP contribution in [0.25, 0.3) is 11.0 Å². The zero-order valence-electron chi connectivity index (χ0n) is 15.5. The largest absolute Gasteiger partial charge is 0.451 e. The fourth-order valence-electron chi connectivity index (χ4n) is 3.10. The quantitative estimate of drug-likeness (QED) is 0.705. The van der Waals surface area contributed by atoms with Crippen LogP contribution in [0.5, 0.6) is 0 Å². The third-order valence-electron chi connectivity index (χ3n) is 4.69. The normalized spacial score (nSPS) is 12.5. The molecule has 0 bridgehead atoms. The van der Waals surface area contributed by atoms with Gasteiger partial charge in [-0.15, -0.1) is 0 Å². The van der Waals surface area contributed by atoms with Crippen LogP contribution in [0, 0.1) is 13.8 Å². The third-order valence-corrected chi connectivity index (χ3v) is 5.09. The van der Waals surface area contributed by atoms with Crippen LogP contribution < -0.4 is 5.32 Å². The summed E-state index contributed by atoms with van der Waals surface area (Å²) in [5.74, 6) is 0.127. The zero-order chi connectivity index (χ0) is 18.8. The van der Waals surface area contributed by atoms with E-state index in [1.54, 1.807) is 0 Å². The number of nitrogens with one attached hydrogen (secondary N) is 1. The second-order valence-electron chi connectivity index (χ2n) is 6.75. The first-order chi connectivity index (χ1) is 12.4. The second kappa shape index (κ2) is 7.52. The molecule has 1 unspecified atom stereocenters. The smallest absolute Gasteiger partial charge is 0.287 e. The molecule has 3 aromatic rings. The molecule has 2 aromatic carbocycles. The minimum atomic E-state index is -0.213. The van der Waals surface area contributed by atoms with Gasteiger partial charge in [0.1, 0.15) is 5.58 Å². The van der Waals surface area contributed by atoms with E-state index in [1.165, 1.54) is 0 Å². The molecule has 1 atom stereocenters. The maximum absolute atomic E-state index is 12.7. The van der Waals surface area contributed by atoms with E-state index >= 15 is 0 Å². The first-order valence-corrected chi connectivity index (χ1v) is 8.95. The van der Waals surface area contributed by atoms with Crippen molar-refractivity contribution in [1.29, 1.82) is 0 Å². The van der Waals surface area contributed by atoms with Gasteiger partial charge in [0.25, 0.3) is 5.91 Å². The van der Waals surface area contributed by atoms with Crippen molar-refractivity contribution in [2.24, 2.45) is 0 Å². The number of aryl methyl sites for hydroxylation is 2. The first kappa shape index (κ1) is 18.5. The fraction of sp³-hybridized carbons (Fsp3) is 0.286. The van der Waals surface area contributed by atoms with E-state index in [-0.39, 0.29) is 11.9 Å². The molecule has 0 saturated heterocycles. The highest BCUT2D eigenvalue weighted by molar-refractivity contribution is 6.32. The van der Waals surface area contributed by atoms with Gasteiger partial charge >= 0.3 is 0 Å². The van der Waals surface area contributed by atoms with Crippen molar-refractivity contribution in [3.63, 3.8) is 0 Å². The molecule has 3 rings (SSSR count). The SMILES string of the molecule is Cc1cc2oc(C(=O)NCC(c3ccccc3)N(C)C)c(C)c2cc1Cl. The number of carbonyl (C=O) groups excluding carboxylic acids is 1. The number of amides is 1. The number of rotatable bonds is 5. The summed E-state index contributed by atoms with van der Waals surface area (Å²) in [6.07, 6.45) is 0. The molecule has 0 aliphatic carbocycles. The molecule has 0 spiro atoms. The number of benzene rings is 2. The van der Waals surface area contributed by atoms with Gasteiger partial charge in [-0.1, -0.05) is 41.9 Å². The highest BCUT2D eigenvalue weighted by Gasteiger charge is 2.21. The van der Waals surface area contributed by atoms with Crippen molar-refractivity contribution in [3.05, 3.63) is 69.9 Å². The average molecular weight is 371 g/mol. The topological polar surface area (TPSA) is 45.5 Å².